The predicted molar refractivity (Wildman–Crippen MR) is 103 cm³/mol. The molecule has 0 saturated carbocycles. The Morgan fingerprint density at radius 1 is 1.30 bits per heavy atom. The predicted octanol–water partition coefficient (Wildman–Crippen LogP) is 2.54. The number of amides is 1. The van der Waals surface area contributed by atoms with E-state index < -0.39 is 30.1 Å². The summed E-state index contributed by atoms with van der Waals surface area (Å²) >= 11 is 0. The molecule has 3 heterocycles. The summed E-state index contributed by atoms with van der Waals surface area (Å²) in [6.45, 7) is 3.42. The molecule has 3 atom stereocenters. The summed E-state index contributed by atoms with van der Waals surface area (Å²) in [5.41, 5.74) is 0.468. The number of carbonyl (C=O) groups is 1. The lowest BCUT2D eigenvalue weighted by Gasteiger charge is -2.22. The number of nitrogens with zero attached hydrogens (tertiary/aromatic N) is 5. The average molecular weight is 414 g/mol. The lowest BCUT2D eigenvalue weighted by Crippen LogP contribution is -2.41. The first-order chi connectivity index (χ1) is 14.4. The van der Waals surface area contributed by atoms with Gasteiger partial charge in [-0.15, -0.1) is 10.2 Å². The topological polar surface area (TPSA) is 127 Å². The minimum Gasteiger partial charge on any atom is -0.447 e. The Labute approximate surface area is 170 Å². The second-order valence-corrected chi connectivity index (χ2v) is 6.82. The van der Waals surface area contributed by atoms with Crippen molar-refractivity contribution in [1.29, 1.82) is 0 Å². The van der Waals surface area contributed by atoms with Gasteiger partial charge in [0.25, 0.3) is 0 Å². The summed E-state index contributed by atoms with van der Waals surface area (Å²) in [6, 6.07) is 6.39. The van der Waals surface area contributed by atoms with Crippen molar-refractivity contribution in [3.8, 4) is 11.5 Å². The maximum Gasteiger partial charge on any atom is 0.416 e. The minimum atomic E-state index is -0.790. The van der Waals surface area contributed by atoms with Gasteiger partial charge in [0, 0.05) is 11.8 Å². The molecule has 0 aliphatic carbocycles. The Bertz CT molecular complexity index is 1060. The lowest BCUT2D eigenvalue weighted by atomic mass is 10.2. The van der Waals surface area contributed by atoms with E-state index in [4.69, 9.17) is 9.15 Å². The van der Waals surface area contributed by atoms with Gasteiger partial charge in [0.15, 0.2) is 0 Å². The monoisotopic (exact) mass is 414 g/mol. The highest BCUT2D eigenvalue weighted by molar-refractivity contribution is 5.89. The smallest absolute Gasteiger partial charge is 0.416 e. The van der Waals surface area contributed by atoms with Gasteiger partial charge in [-0.25, -0.2) is 14.2 Å². The van der Waals surface area contributed by atoms with E-state index in [1.165, 1.54) is 23.2 Å². The van der Waals surface area contributed by atoms with E-state index in [0.717, 1.165) is 0 Å². The number of aliphatic hydroxyl groups excluding tert-OH is 1. The number of cyclic esters (lactones) is 1. The highest BCUT2D eigenvalue weighted by Gasteiger charge is 2.38. The van der Waals surface area contributed by atoms with Crippen molar-refractivity contribution in [2.45, 2.75) is 32.0 Å². The molecule has 1 unspecified atom stereocenters. The van der Waals surface area contributed by atoms with Crippen molar-refractivity contribution in [3.05, 3.63) is 48.2 Å². The number of ether oxygens (including phenoxy) is 1. The third kappa shape index (κ3) is 3.92. The molecule has 1 amide bonds. The van der Waals surface area contributed by atoms with Gasteiger partial charge in [0.2, 0.25) is 17.7 Å². The Hall–Kier alpha value is -3.60. The van der Waals surface area contributed by atoms with Crippen LogP contribution in [0.2, 0.25) is 0 Å². The van der Waals surface area contributed by atoms with Crippen molar-refractivity contribution in [2.24, 2.45) is 0 Å². The van der Waals surface area contributed by atoms with E-state index in [1.54, 1.807) is 32.0 Å². The zero-order chi connectivity index (χ0) is 21.3. The van der Waals surface area contributed by atoms with E-state index in [2.05, 4.69) is 25.5 Å². The molecule has 1 fully saturated rings. The van der Waals surface area contributed by atoms with Crippen LogP contribution in [0.3, 0.4) is 0 Å². The van der Waals surface area contributed by atoms with E-state index in [1.807, 2.05) is 0 Å². The van der Waals surface area contributed by atoms with Gasteiger partial charge in [0.05, 0.1) is 6.10 Å². The van der Waals surface area contributed by atoms with Crippen LogP contribution in [0, 0.1) is 5.82 Å². The quantitative estimate of drug-likeness (QED) is 0.625. The number of carbonyl (C=O) groups excluding carboxylic acids is 1. The highest BCUT2D eigenvalue weighted by atomic mass is 19.1. The molecule has 1 saturated heterocycles. The van der Waals surface area contributed by atoms with Crippen molar-refractivity contribution < 1.29 is 23.4 Å². The molecule has 4 rings (SSSR count). The zero-order valence-electron chi connectivity index (χ0n) is 16.2. The highest BCUT2D eigenvalue weighted by Crippen LogP contribution is 2.26. The molecule has 3 aromatic rings. The largest absolute Gasteiger partial charge is 0.447 e. The van der Waals surface area contributed by atoms with Gasteiger partial charge in [-0.2, -0.15) is 4.98 Å². The Morgan fingerprint density at radius 2 is 2.13 bits per heavy atom. The van der Waals surface area contributed by atoms with Crippen molar-refractivity contribution in [1.82, 2.24) is 20.2 Å². The van der Waals surface area contributed by atoms with E-state index >= 15 is 0 Å². The molecular formula is C19H19FN6O4. The zero-order valence-corrected chi connectivity index (χ0v) is 16.2. The summed E-state index contributed by atoms with van der Waals surface area (Å²) in [6.07, 6.45) is 0.102. The summed E-state index contributed by atoms with van der Waals surface area (Å²) in [5, 5.41) is 20.9. The van der Waals surface area contributed by atoms with Crippen LogP contribution in [-0.2, 0) is 4.74 Å². The molecule has 1 aliphatic heterocycles. The number of aromatic nitrogens is 4. The van der Waals surface area contributed by atoms with E-state index in [-0.39, 0.29) is 24.3 Å². The van der Waals surface area contributed by atoms with Crippen LogP contribution in [0.4, 0.5) is 21.0 Å². The molecule has 156 valence electrons. The number of halogens is 1. The molecule has 0 spiro atoms. The maximum atomic E-state index is 13.4. The first-order valence-electron chi connectivity index (χ1n) is 9.25. The van der Waals surface area contributed by atoms with Crippen molar-refractivity contribution in [2.75, 3.05) is 16.8 Å². The Kier molecular flexibility index (Phi) is 5.27. The number of benzene rings is 1. The minimum absolute atomic E-state index is 0.0739. The molecule has 30 heavy (non-hydrogen) atoms. The SMILES string of the molecule is C[C@H](Nc1nccc(N2C(=O)OCC2[C@@H](C)O)n1)c1nnc(-c2cccc(F)c2)o1. The Balaban J connectivity index is 1.51. The van der Waals surface area contributed by atoms with E-state index in [0.29, 0.717) is 11.4 Å². The lowest BCUT2D eigenvalue weighted by molar-refractivity contribution is 0.142. The summed E-state index contributed by atoms with van der Waals surface area (Å²) in [4.78, 5) is 21.8. The van der Waals surface area contributed by atoms with E-state index in [9.17, 15) is 14.3 Å². The fourth-order valence-electron chi connectivity index (χ4n) is 3.01. The first kappa shape index (κ1) is 19.7. The van der Waals surface area contributed by atoms with Gasteiger partial charge in [-0.05, 0) is 38.1 Å². The van der Waals surface area contributed by atoms with Crippen molar-refractivity contribution in [3.63, 3.8) is 0 Å². The van der Waals surface area contributed by atoms with Crippen LogP contribution in [0.15, 0.2) is 40.9 Å². The number of nitrogens with one attached hydrogen (secondary N) is 1. The fourth-order valence-corrected chi connectivity index (χ4v) is 3.01. The van der Waals surface area contributed by atoms with Crippen molar-refractivity contribution >= 4 is 17.9 Å². The van der Waals surface area contributed by atoms with Gasteiger partial charge in [-0.3, -0.25) is 4.90 Å². The molecule has 11 heteroatoms. The number of hydrogen-bond acceptors (Lipinski definition) is 9. The standard InChI is InChI=1S/C19H19FN6O4/c1-10(16-24-25-17(30-16)12-4-3-5-13(20)8-12)22-18-21-7-6-15(23-18)26-14(11(2)27)9-29-19(26)28/h3-8,10-11,14,27H,9H2,1-2H3,(H,21,22,23)/t10-,11+,14?/m0/s1. The molecule has 10 nitrogen and oxygen atoms in total. The third-order valence-electron chi connectivity index (χ3n) is 4.58. The first-order valence-corrected chi connectivity index (χ1v) is 9.25. The normalized spacial score (nSPS) is 18.2. The molecule has 0 bridgehead atoms. The van der Waals surface area contributed by atoms with Crippen LogP contribution in [0.5, 0.6) is 0 Å². The second kappa shape index (κ2) is 8.03. The summed E-state index contributed by atoms with van der Waals surface area (Å²) in [5.74, 6) is 0.548. The van der Waals surface area contributed by atoms with Crippen LogP contribution in [0.25, 0.3) is 11.5 Å². The molecule has 2 N–H and O–H groups in total. The van der Waals surface area contributed by atoms with Gasteiger partial charge in [-0.1, -0.05) is 6.07 Å². The molecule has 1 aliphatic rings. The molecule has 1 aromatic carbocycles. The van der Waals surface area contributed by atoms with Gasteiger partial charge in [0.1, 0.15) is 30.3 Å². The van der Waals surface area contributed by atoms with Gasteiger partial charge >= 0.3 is 6.09 Å². The fraction of sp³-hybridized carbons (Fsp3) is 0.316. The average Bonchev–Trinajstić information content (AvgIpc) is 3.35. The number of aliphatic hydroxyl groups is 1. The number of rotatable bonds is 6. The second-order valence-electron chi connectivity index (χ2n) is 6.82. The van der Waals surface area contributed by atoms with Crippen LogP contribution in [-0.4, -0.2) is 50.1 Å². The number of hydrogen-bond donors (Lipinski definition) is 2. The molecule has 0 radical (unpaired) electrons. The summed E-state index contributed by atoms with van der Waals surface area (Å²) < 4.78 is 24.1. The van der Waals surface area contributed by atoms with Crippen LogP contribution < -0.4 is 10.2 Å². The van der Waals surface area contributed by atoms with Gasteiger partial charge < -0.3 is 19.6 Å². The maximum absolute atomic E-state index is 13.4. The molecule has 2 aromatic heterocycles. The number of anilines is 2. The third-order valence-corrected chi connectivity index (χ3v) is 4.58. The summed E-state index contributed by atoms with van der Waals surface area (Å²) in [7, 11) is 0. The molecular weight excluding hydrogens is 395 g/mol. The Morgan fingerprint density at radius 3 is 2.90 bits per heavy atom. The van der Waals surface area contributed by atoms with Crippen LogP contribution >= 0.6 is 0 Å². The van der Waals surface area contributed by atoms with Crippen LogP contribution in [0.1, 0.15) is 25.8 Å².